The van der Waals surface area contributed by atoms with Gasteiger partial charge in [0, 0.05) is 11.4 Å². The van der Waals surface area contributed by atoms with Crippen LogP contribution in [0.2, 0.25) is 0 Å². The molecule has 0 aliphatic heterocycles. The first-order valence-corrected chi connectivity index (χ1v) is 15.5. The van der Waals surface area contributed by atoms with Gasteiger partial charge in [0.05, 0.1) is 7.11 Å². The molecule has 4 aliphatic rings. The minimum Gasteiger partial charge on any atom is -0.493 e. The Morgan fingerprint density at radius 3 is 2.25 bits per heavy atom. The lowest BCUT2D eigenvalue weighted by Gasteiger charge is -2.57. The maximum Gasteiger partial charge on any atom is 0.266 e. The van der Waals surface area contributed by atoms with Crippen molar-refractivity contribution in [1.29, 1.82) is 5.26 Å². The number of aryl methyl sites for hydroxylation is 1. The van der Waals surface area contributed by atoms with Crippen molar-refractivity contribution in [2.75, 3.05) is 24.4 Å². The number of hydrogen-bond donors (Lipinski definition) is 2. The summed E-state index contributed by atoms with van der Waals surface area (Å²) in [7, 11) is 1.50. The molecule has 4 fully saturated rings. The molecule has 0 heterocycles. The number of amides is 2. The molecule has 2 amide bonds. The Hall–Kier alpha value is -4.57. The van der Waals surface area contributed by atoms with Gasteiger partial charge in [0.1, 0.15) is 11.6 Å². The van der Waals surface area contributed by atoms with Crippen molar-refractivity contribution in [2.45, 2.75) is 57.8 Å². The smallest absolute Gasteiger partial charge is 0.266 e. The van der Waals surface area contributed by atoms with E-state index in [1.54, 1.807) is 24.3 Å². The molecule has 7 nitrogen and oxygen atoms in total. The highest BCUT2D eigenvalue weighted by molar-refractivity contribution is 6.10. The Morgan fingerprint density at radius 2 is 1.61 bits per heavy atom. The largest absolute Gasteiger partial charge is 0.493 e. The fourth-order valence-electron chi connectivity index (χ4n) is 8.00. The molecular weight excluding hydrogens is 550 g/mol. The fourth-order valence-corrected chi connectivity index (χ4v) is 8.00. The number of ether oxygens (including phenoxy) is 2. The third-order valence-corrected chi connectivity index (χ3v) is 9.89. The minimum absolute atomic E-state index is 0.0461. The molecule has 0 spiro atoms. The first kappa shape index (κ1) is 29.5. The molecule has 0 aromatic heterocycles. The number of benzene rings is 3. The Morgan fingerprint density at radius 1 is 0.932 bits per heavy atom. The summed E-state index contributed by atoms with van der Waals surface area (Å²) in [6.45, 7) is 3.69. The molecule has 3 aromatic carbocycles. The number of hydrogen-bond acceptors (Lipinski definition) is 5. The van der Waals surface area contributed by atoms with Gasteiger partial charge in [0.15, 0.2) is 18.1 Å². The van der Waals surface area contributed by atoms with E-state index in [2.05, 4.69) is 22.8 Å². The molecule has 7 heteroatoms. The molecule has 0 atom stereocenters. The van der Waals surface area contributed by atoms with Crippen LogP contribution in [0.5, 0.6) is 11.5 Å². The summed E-state index contributed by atoms with van der Waals surface area (Å²) in [4.78, 5) is 25.6. The van der Waals surface area contributed by atoms with Crippen LogP contribution >= 0.6 is 0 Å². The number of nitriles is 1. The van der Waals surface area contributed by atoms with Gasteiger partial charge in [0.25, 0.3) is 11.8 Å². The second-order valence-corrected chi connectivity index (χ2v) is 12.9. The predicted octanol–water partition coefficient (Wildman–Crippen LogP) is 7.34. The van der Waals surface area contributed by atoms with E-state index >= 15 is 0 Å². The number of anilines is 2. The van der Waals surface area contributed by atoms with Crippen LogP contribution in [0, 0.1) is 42.9 Å². The zero-order valence-corrected chi connectivity index (χ0v) is 25.6. The van der Waals surface area contributed by atoms with Crippen molar-refractivity contribution in [3.8, 4) is 17.6 Å². The van der Waals surface area contributed by atoms with Gasteiger partial charge in [0.2, 0.25) is 0 Å². The average molecular weight is 590 g/mol. The summed E-state index contributed by atoms with van der Waals surface area (Å²) < 4.78 is 11.3. The van der Waals surface area contributed by atoms with E-state index in [0.717, 1.165) is 34.6 Å². The Labute approximate surface area is 259 Å². The lowest BCUT2D eigenvalue weighted by molar-refractivity contribution is -0.118. The van der Waals surface area contributed by atoms with E-state index in [0.29, 0.717) is 28.2 Å². The molecule has 44 heavy (non-hydrogen) atoms. The van der Waals surface area contributed by atoms with Gasteiger partial charge in [-0.15, -0.1) is 0 Å². The number of carbonyl (C=O) groups is 2. The predicted molar refractivity (Wildman–Crippen MR) is 172 cm³/mol. The summed E-state index contributed by atoms with van der Waals surface area (Å²) in [5.41, 5.74) is 5.70. The van der Waals surface area contributed by atoms with Crippen molar-refractivity contribution >= 4 is 29.3 Å². The second kappa shape index (κ2) is 12.2. The molecule has 0 unspecified atom stereocenters. The van der Waals surface area contributed by atoms with Crippen LogP contribution < -0.4 is 20.1 Å². The van der Waals surface area contributed by atoms with Crippen LogP contribution in [0.15, 0.2) is 66.2 Å². The molecule has 4 aliphatic carbocycles. The maximum atomic E-state index is 12.8. The molecule has 2 N–H and O–H groups in total. The van der Waals surface area contributed by atoms with Crippen LogP contribution in [-0.2, 0) is 15.0 Å². The van der Waals surface area contributed by atoms with Crippen LogP contribution in [0.25, 0.3) is 6.08 Å². The van der Waals surface area contributed by atoms with E-state index in [9.17, 15) is 14.9 Å². The Bertz CT molecular complexity index is 1610. The Balaban J connectivity index is 1.06. The zero-order chi connectivity index (χ0) is 30.8. The van der Waals surface area contributed by atoms with Crippen LogP contribution in [0.4, 0.5) is 11.4 Å². The average Bonchev–Trinajstić information content (AvgIpc) is 3.01. The summed E-state index contributed by atoms with van der Waals surface area (Å²) in [6.07, 6.45) is 9.69. The Kier molecular flexibility index (Phi) is 8.18. The minimum atomic E-state index is -0.497. The van der Waals surface area contributed by atoms with Crippen LogP contribution in [0.3, 0.4) is 0 Å². The van der Waals surface area contributed by atoms with Gasteiger partial charge < -0.3 is 20.1 Å². The summed E-state index contributed by atoms with van der Waals surface area (Å²) in [5.74, 6) is 2.67. The lowest BCUT2D eigenvalue weighted by Crippen LogP contribution is -2.48. The van der Waals surface area contributed by atoms with E-state index in [1.165, 1.54) is 57.3 Å². The van der Waals surface area contributed by atoms with Crippen LogP contribution in [-0.4, -0.2) is 25.5 Å². The maximum absolute atomic E-state index is 12.8. The molecule has 226 valence electrons. The van der Waals surface area contributed by atoms with Gasteiger partial charge in [-0.25, -0.2) is 0 Å². The van der Waals surface area contributed by atoms with Gasteiger partial charge >= 0.3 is 0 Å². The van der Waals surface area contributed by atoms with E-state index in [-0.39, 0.29) is 18.1 Å². The normalized spacial score (nSPS) is 23.5. The zero-order valence-electron chi connectivity index (χ0n) is 25.6. The third kappa shape index (κ3) is 6.07. The van der Waals surface area contributed by atoms with Crippen LogP contribution in [0.1, 0.15) is 60.8 Å². The van der Waals surface area contributed by atoms with E-state index < -0.39 is 5.91 Å². The fraction of sp³-hybridized carbons (Fsp3) is 0.378. The highest BCUT2D eigenvalue weighted by Gasteiger charge is 2.51. The quantitative estimate of drug-likeness (QED) is 0.201. The first-order valence-electron chi connectivity index (χ1n) is 15.5. The van der Waals surface area contributed by atoms with Crippen molar-refractivity contribution in [2.24, 2.45) is 17.8 Å². The summed E-state index contributed by atoms with van der Waals surface area (Å²) in [5, 5.41) is 15.4. The summed E-state index contributed by atoms with van der Waals surface area (Å²) >= 11 is 0. The number of methoxy groups -OCH3 is 1. The molecular formula is C37H39N3O4. The number of rotatable bonds is 9. The molecule has 4 bridgehead atoms. The topological polar surface area (TPSA) is 100 Å². The van der Waals surface area contributed by atoms with Gasteiger partial charge in [-0.3, -0.25) is 9.59 Å². The second-order valence-electron chi connectivity index (χ2n) is 12.9. The first-order chi connectivity index (χ1) is 21.2. The van der Waals surface area contributed by atoms with E-state index in [1.807, 2.05) is 44.2 Å². The molecule has 0 radical (unpaired) electrons. The number of nitrogens with zero attached hydrogens (tertiary/aromatic N) is 1. The number of carbonyl (C=O) groups excluding carboxylic acids is 2. The molecule has 7 rings (SSSR count). The lowest BCUT2D eigenvalue weighted by atomic mass is 9.48. The van der Waals surface area contributed by atoms with E-state index in [4.69, 9.17) is 9.47 Å². The van der Waals surface area contributed by atoms with Crippen molar-refractivity contribution < 1.29 is 19.1 Å². The van der Waals surface area contributed by atoms with Gasteiger partial charge in [-0.1, -0.05) is 30.3 Å². The molecule has 4 saturated carbocycles. The van der Waals surface area contributed by atoms with Gasteiger partial charge in [-0.2, -0.15) is 5.26 Å². The third-order valence-electron chi connectivity index (χ3n) is 9.89. The van der Waals surface area contributed by atoms with Crippen molar-refractivity contribution in [1.82, 2.24) is 0 Å². The van der Waals surface area contributed by atoms with Gasteiger partial charge in [-0.05, 0) is 134 Å². The highest BCUT2D eigenvalue weighted by Crippen LogP contribution is 2.60. The molecule has 3 aromatic rings. The SMILES string of the molecule is COc1cc(/C=C(/C#N)C(=O)Nc2cccc(C)c2C)ccc1OCC(=O)Nc1ccc(C23CC4CC(CC(C4)C2)C3)cc1. The number of nitrogens with one attached hydrogen (secondary N) is 2. The molecule has 0 saturated heterocycles. The van der Waals surface area contributed by atoms with Crippen molar-refractivity contribution in [3.63, 3.8) is 0 Å². The standard InChI is InChI=1S/C37H39N3O4/c1-23-5-4-6-32(24(23)2)40-36(42)29(21-38)16-25-7-12-33(34(17-25)43-3)44-22-35(41)39-31-10-8-30(9-11-31)37-18-26-13-27(19-37)15-28(14-26)20-37/h4-12,16-17,26-28H,13-15,18-20,22H2,1-3H3,(H,39,41)(H,40,42)/b29-16-. The monoisotopic (exact) mass is 589 g/mol. The summed E-state index contributed by atoms with van der Waals surface area (Å²) in [6, 6.07) is 21.1. The van der Waals surface area contributed by atoms with Crippen molar-refractivity contribution in [3.05, 3.63) is 88.5 Å². The highest BCUT2D eigenvalue weighted by atomic mass is 16.5.